The lowest BCUT2D eigenvalue weighted by atomic mass is 10.1. The Labute approximate surface area is 182 Å². The van der Waals surface area contributed by atoms with Crippen LogP contribution in [0, 0.1) is 0 Å². The maximum atomic E-state index is 10.8. The molecule has 0 aliphatic rings. The molecule has 5 heteroatoms. The van der Waals surface area contributed by atoms with E-state index in [1.54, 1.807) is 12.1 Å². The van der Waals surface area contributed by atoms with E-state index in [1.807, 2.05) is 24.3 Å². The lowest BCUT2D eigenvalue weighted by Crippen LogP contribution is -2.29. The monoisotopic (exact) mass is 428 g/mol. The summed E-state index contributed by atoms with van der Waals surface area (Å²) in [6.45, 7) is 2.13. The first-order valence-corrected chi connectivity index (χ1v) is 10.5. The van der Waals surface area contributed by atoms with Crippen LogP contribution in [-0.4, -0.2) is 23.1 Å². The molecule has 0 aliphatic heterocycles. The smallest absolute Gasteiger partial charge is 0.0918 e. The van der Waals surface area contributed by atoms with Crippen molar-refractivity contribution in [2.24, 2.45) is 0 Å². The summed E-state index contributed by atoms with van der Waals surface area (Å²) in [5, 5.41) is 11.6. The van der Waals surface area contributed by atoms with Crippen molar-refractivity contribution in [1.82, 2.24) is 4.90 Å². The van der Waals surface area contributed by atoms with Crippen LogP contribution in [0.3, 0.4) is 0 Å². The SMILES string of the molecule is Nc1c(Cl)cc(C(O)CN(CCCc2ccccc2)Cc2ccccc2)cc1Cl. The molecular weight excluding hydrogens is 403 g/mol. The minimum absolute atomic E-state index is 0.341. The third-order valence-electron chi connectivity index (χ3n) is 4.95. The number of anilines is 1. The molecule has 29 heavy (non-hydrogen) atoms. The molecule has 0 amide bonds. The van der Waals surface area contributed by atoms with Crippen molar-refractivity contribution in [2.75, 3.05) is 18.8 Å². The van der Waals surface area contributed by atoms with Crippen LogP contribution in [0.15, 0.2) is 72.8 Å². The predicted octanol–water partition coefficient (Wildman–Crippen LogP) is 5.74. The highest BCUT2D eigenvalue weighted by atomic mass is 35.5. The van der Waals surface area contributed by atoms with Crippen molar-refractivity contribution >= 4 is 28.9 Å². The van der Waals surface area contributed by atoms with Crippen molar-refractivity contribution in [2.45, 2.75) is 25.5 Å². The molecule has 0 aliphatic carbocycles. The van der Waals surface area contributed by atoms with E-state index in [0.29, 0.717) is 27.8 Å². The zero-order valence-electron chi connectivity index (χ0n) is 16.3. The number of nitrogens with zero attached hydrogens (tertiary/aromatic N) is 1. The first-order valence-electron chi connectivity index (χ1n) is 9.75. The van der Waals surface area contributed by atoms with E-state index in [4.69, 9.17) is 28.9 Å². The highest BCUT2D eigenvalue weighted by molar-refractivity contribution is 6.38. The summed E-state index contributed by atoms with van der Waals surface area (Å²) in [5.74, 6) is 0. The number of aliphatic hydroxyl groups is 1. The van der Waals surface area contributed by atoms with Crippen molar-refractivity contribution in [1.29, 1.82) is 0 Å². The summed E-state index contributed by atoms with van der Waals surface area (Å²) in [6.07, 6.45) is 1.31. The van der Waals surface area contributed by atoms with Crippen LogP contribution >= 0.6 is 23.2 Å². The van der Waals surface area contributed by atoms with E-state index in [0.717, 1.165) is 25.9 Å². The molecule has 1 unspecified atom stereocenters. The van der Waals surface area contributed by atoms with Crippen LogP contribution in [0.2, 0.25) is 10.0 Å². The fourth-order valence-electron chi connectivity index (χ4n) is 3.37. The van der Waals surface area contributed by atoms with Gasteiger partial charge in [0.1, 0.15) is 0 Å². The lowest BCUT2D eigenvalue weighted by molar-refractivity contribution is 0.108. The van der Waals surface area contributed by atoms with E-state index in [2.05, 4.69) is 41.3 Å². The number of nitrogens with two attached hydrogens (primary N) is 1. The number of aryl methyl sites for hydroxylation is 1. The molecule has 3 aromatic carbocycles. The van der Waals surface area contributed by atoms with E-state index in [-0.39, 0.29) is 0 Å². The number of hydrogen-bond donors (Lipinski definition) is 2. The van der Waals surface area contributed by atoms with Gasteiger partial charge in [-0.2, -0.15) is 0 Å². The van der Waals surface area contributed by atoms with Crippen LogP contribution in [0.5, 0.6) is 0 Å². The first-order chi connectivity index (χ1) is 14.0. The third kappa shape index (κ3) is 6.48. The summed E-state index contributed by atoms with van der Waals surface area (Å²) in [7, 11) is 0. The molecule has 0 heterocycles. The molecule has 3 aromatic rings. The van der Waals surface area contributed by atoms with Gasteiger partial charge in [-0.1, -0.05) is 83.9 Å². The van der Waals surface area contributed by atoms with Gasteiger partial charge in [0.2, 0.25) is 0 Å². The molecule has 0 aromatic heterocycles. The maximum Gasteiger partial charge on any atom is 0.0918 e. The number of rotatable bonds is 9. The van der Waals surface area contributed by atoms with Crippen LogP contribution < -0.4 is 5.73 Å². The van der Waals surface area contributed by atoms with Gasteiger partial charge in [-0.15, -0.1) is 0 Å². The number of benzene rings is 3. The summed E-state index contributed by atoms with van der Waals surface area (Å²) >= 11 is 12.3. The molecule has 0 spiro atoms. The van der Waals surface area contributed by atoms with Crippen molar-refractivity contribution in [3.8, 4) is 0 Å². The van der Waals surface area contributed by atoms with Crippen LogP contribution in [-0.2, 0) is 13.0 Å². The van der Waals surface area contributed by atoms with Crippen molar-refractivity contribution < 1.29 is 5.11 Å². The first kappa shape index (κ1) is 21.7. The molecule has 0 radical (unpaired) electrons. The van der Waals surface area contributed by atoms with Gasteiger partial charge in [0.25, 0.3) is 0 Å². The molecule has 0 fully saturated rings. The Morgan fingerprint density at radius 3 is 2.00 bits per heavy atom. The van der Waals surface area contributed by atoms with E-state index in [1.165, 1.54) is 11.1 Å². The molecule has 1 atom stereocenters. The maximum absolute atomic E-state index is 10.8. The molecular formula is C24H26Cl2N2O. The van der Waals surface area contributed by atoms with Gasteiger partial charge in [0.05, 0.1) is 21.8 Å². The van der Waals surface area contributed by atoms with Crippen molar-refractivity contribution in [3.63, 3.8) is 0 Å². The Kier molecular flexibility index (Phi) is 7.96. The van der Waals surface area contributed by atoms with E-state index in [9.17, 15) is 5.11 Å². The Hall–Kier alpha value is -2.04. The summed E-state index contributed by atoms with van der Waals surface area (Å²) in [5.41, 5.74) is 9.38. The molecule has 0 saturated heterocycles. The Morgan fingerprint density at radius 1 is 0.862 bits per heavy atom. The molecule has 3 N–H and O–H groups in total. The van der Waals surface area contributed by atoms with Crippen LogP contribution in [0.1, 0.15) is 29.2 Å². The summed E-state index contributed by atoms with van der Waals surface area (Å²) in [6, 6.07) is 24.1. The molecule has 152 valence electrons. The topological polar surface area (TPSA) is 49.5 Å². The molecule has 0 bridgehead atoms. The Balaban J connectivity index is 1.68. The molecule has 0 saturated carbocycles. The van der Waals surface area contributed by atoms with Gasteiger partial charge in [-0.05, 0) is 48.2 Å². The largest absolute Gasteiger partial charge is 0.396 e. The number of nitrogen functional groups attached to an aromatic ring is 1. The van der Waals surface area contributed by atoms with Crippen LogP contribution in [0.4, 0.5) is 5.69 Å². The van der Waals surface area contributed by atoms with Gasteiger partial charge in [0.15, 0.2) is 0 Å². The summed E-state index contributed by atoms with van der Waals surface area (Å²) in [4.78, 5) is 2.26. The standard InChI is InChI=1S/C24H26Cl2N2O/c25-21-14-20(15-22(26)24(21)27)23(29)17-28(16-19-10-5-2-6-11-19)13-7-12-18-8-3-1-4-9-18/h1-6,8-11,14-15,23,29H,7,12-13,16-17,27H2. The molecule has 3 nitrogen and oxygen atoms in total. The highest BCUT2D eigenvalue weighted by Crippen LogP contribution is 2.31. The highest BCUT2D eigenvalue weighted by Gasteiger charge is 2.16. The van der Waals surface area contributed by atoms with E-state index >= 15 is 0 Å². The van der Waals surface area contributed by atoms with Gasteiger partial charge in [-0.3, -0.25) is 4.90 Å². The number of hydrogen-bond acceptors (Lipinski definition) is 3. The minimum atomic E-state index is -0.703. The predicted molar refractivity (Wildman–Crippen MR) is 122 cm³/mol. The number of halogens is 2. The van der Waals surface area contributed by atoms with Crippen LogP contribution in [0.25, 0.3) is 0 Å². The summed E-state index contributed by atoms with van der Waals surface area (Å²) < 4.78 is 0. The van der Waals surface area contributed by atoms with Crippen molar-refractivity contribution in [3.05, 3.63) is 99.5 Å². The fraction of sp³-hybridized carbons (Fsp3) is 0.250. The van der Waals surface area contributed by atoms with Gasteiger partial charge >= 0.3 is 0 Å². The minimum Gasteiger partial charge on any atom is -0.396 e. The Morgan fingerprint density at radius 2 is 1.41 bits per heavy atom. The van der Waals surface area contributed by atoms with E-state index < -0.39 is 6.10 Å². The van der Waals surface area contributed by atoms with Gasteiger partial charge < -0.3 is 10.8 Å². The third-order valence-corrected chi connectivity index (χ3v) is 5.57. The number of aliphatic hydroxyl groups excluding tert-OH is 1. The fourth-order valence-corrected chi connectivity index (χ4v) is 3.88. The normalized spacial score (nSPS) is 12.3. The second-order valence-corrected chi connectivity index (χ2v) is 8.04. The quantitative estimate of drug-likeness (QED) is 0.426. The average molecular weight is 429 g/mol. The van der Waals surface area contributed by atoms with Gasteiger partial charge in [0, 0.05) is 13.1 Å². The lowest BCUT2D eigenvalue weighted by Gasteiger charge is -2.26. The average Bonchev–Trinajstić information content (AvgIpc) is 2.73. The second kappa shape index (κ2) is 10.7. The molecule has 3 rings (SSSR count). The van der Waals surface area contributed by atoms with Gasteiger partial charge in [-0.25, -0.2) is 0 Å². The Bertz CT molecular complexity index is 880. The second-order valence-electron chi connectivity index (χ2n) is 7.22. The zero-order chi connectivity index (χ0) is 20.6. The zero-order valence-corrected chi connectivity index (χ0v) is 17.8.